The molecule has 8 nitrogen and oxygen atoms in total. The van der Waals surface area contributed by atoms with Gasteiger partial charge in [-0.25, -0.2) is 18.1 Å². The van der Waals surface area contributed by atoms with Crippen LogP contribution >= 0.6 is 11.8 Å². The zero-order valence-electron chi connectivity index (χ0n) is 30.4. The molecule has 56 heavy (non-hydrogen) atoms. The Morgan fingerprint density at radius 3 is 2.00 bits per heavy atom. The lowest BCUT2D eigenvalue weighted by atomic mass is 9.98. The molecule has 1 fully saturated rings. The first-order chi connectivity index (χ1) is 27.4. The number of rotatable bonds is 13. The van der Waals surface area contributed by atoms with Crippen molar-refractivity contribution in [1.29, 1.82) is 0 Å². The maximum absolute atomic E-state index is 13.0. The smallest absolute Gasteiger partial charge is 0.256 e. The number of aromatic nitrogens is 1. The summed E-state index contributed by atoms with van der Waals surface area (Å²) in [5.74, 6) is 1.31. The van der Waals surface area contributed by atoms with Gasteiger partial charge in [0.05, 0.1) is 23.7 Å². The molecule has 0 saturated carbocycles. The first-order valence-electron chi connectivity index (χ1n) is 18.4. The highest BCUT2D eigenvalue weighted by Gasteiger charge is 2.33. The number of nitrogens with one attached hydrogen (secondary N) is 1. The van der Waals surface area contributed by atoms with Crippen molar-refractivity contribution >= 4 is 21.8 Å². The van der Waals surface area contributed by atoms with Crippen molar-refractivity contribution in [1.82, 2.24) is 9.71 Å². The predicted molar refractivity (Wildman–Crippen MR) is 219 cm³/mol. The second-order valence-electron chi connectivity index (χ2n) is 13.5. The number of hydrogen-bond acceptors (Lipinski definition) is 8. The summed E-state index contributed by atoms with van der Waals surface area (Å²) in [5.41, 5.74) is 8.14. The van der Waals surface area contributed by atoms with Crippen LogP contribution in [0.2, 0.25) is 0 Å². The second-order valence-corrected chi connectivity index (χ2v) is 16.2. The van der Waals surface area contributed by atoms with Gasteiger partial charge < -0.3 is 19.0 Å². The summed E-state index contributed by atoms with van der Waals surface area (Å²) < 4.78 is 48.4. The highest BCUT2D eigenvalue weighted by atomic mass is 32.2. The van der Waals surface area contributed by atoms with Gasteiger partial charge in [0.15, 0.2) is 12.1 Å². The summed E-state index contributed by atoms with van der Waals surface area (Å²) in [4.78, 5) is 5.18. The first kappa shape index (κ1) is 37.6. The van der Waals surface area contributed by atoms with Gasteiger partial charge in [0.2, 0.25) is 10.0 Å². The molecular weight excluding hydrogens is 741 g/mol. The quantitative estimate of drug-likeness (QED) is 0.111. The van der Waals surface area contributed by atoms with E-state index in [4.69, 9.17) is 18.9 Å². The van der Waals surface area contributed by atoms with Gasteiger partial charge in [0, 0.05) is 35.4 Å². The summed E-state index contributed by atoms with van der Waals surface area (Å²) in [6.45, 7) is 0.113. The topological polar surface area (TPSA) is 111 Å². The molecule has 0 unspecified atom stereocenters. The minimum atomic E-state index is -3.67. The molecule has 1 aliphatic heterocycles. The van der Waals surface area contributed by atoms with Crippen LogP contribution in [0.1, 0.15) is 41.1 Å². The summed E-state index contributed by atoms with van der Waals surface area (Å²) in [6, 6.07) is 52.1. The number of thioether (sulfide) groups is 1. The van der Waals surface area contributed by atoms with Crippen molar-refractivity contribution in [3.8, 4) is 33.7 Å². The Bertz CT molecular complexity index is 2400. The molecule has 6 aromatic carbocycles. The lowest BCUT2D eigenvalue weighted by molar-refractivity contribution is -0.245. The largest absolute Gasteiger partial charge is 0.431 e. The Hall–Kier alpha value is -5.33. The minimum absolute atomic E-state index is 0.0305. The molecule has 8 rings (SSSR count). The number of hydrogen-bond donors (Lipinski definition) is 2. The Kier molecular flexibility index (Phi) is 11.6. The van der Waals surface area contributed by atoms with E-state index in [0.29, 0.717) is 17.4 Å². The average Bonchev–Trinajstić information content (AvgIpc) is 3.70. The van der Waals surface area contributed by atoms with Gasteiger partial charge in [-0.05, 0) is 39.9 Å². The molecule has 0 amide bonds. The Morgan fingerprint density at radius 2 is 1.30 bits per heavy atom. The van der Waals surface area contributed by atoms with Gasteiger partial charge in [-0.1, -0.05) is 163 Å². The van der Waals surface area contributed by atoms with E-state index in [2.05, 4.69) is 4.72 Å². The number of oxazole rings is 1. The van der Waals surface area contributed by atoms with Crippen LogP contribution in [-0.4, -0.2) is 30.4 Å². The molecule has 1 saturated heterocycles. The zero-order chi connectivity index (χ0) is 38.3. The van der Waals surface area contributed by atoms with Crippen molar-refractivity contribution in [2.45, 2.75) is 48.2 Å². The Balaban J connectivity index is 1.02. The maximum Gasteiger partial charge on any atom is 0.256 e. The van der Waals surface area contributed by atoms with Gasteiger partial charge in [0.1, 0.15) is 5.69 Å². The van der Waals surface area contributed by atoms with E-state index in [-0.39, 0.29) is 30.3 Å². The van der Waals surface area contributed by atoms with Crippen molar-refractivity contribution in [2.24, 2.45) is 0 Å². The van der Waals surface area contributed by atoms with Crippen LogP contribution in [0.4, 0.5) is 0 Å². The second kappa shape index (κ2) is 17.2. The fourth-order valence-corrected chi connectivity index (χ4v) is 8.63. The van der Waals surface area contributed by atoms with Crippen LogP contribution in [0.15, 0.2) is 178 Å². The van der Waals surface area contributed by atoms with E-state index in [1.165, 1.54) is 11.8 Å². The number of sulfonamides is 1. The monoisotopic (exact) mass is 780 g/mol. The third-order valence-corrected chi connectivity index (χ3v) is 12.1. The number of aliphatic hydroxyl groups is 1. The zero-order valence-corrected chi connectivity index (χ0v) is 32.0. The molecule has 0 bridgehead atoms. The molecule has 10 heteroatoms. The van der Waals surface area contributed by atoms with E-state index >= 15 is 0 Å². The summed E-state index contributed by atoms with van der Waals surface area (Å²) in [6.07, 6.45) is -0.492. The fraction of sp³-hybridized carbons (Fsp3) is 0.152. The van der Waals surface area contributed by atoms with Crippen LogP contribution in [0.3, 0.4) is 0 Å². The van der Waals surface area contributed by atoms with Crippen LogP contribution in [0, 0.1) is 0 Å². The standard InChI is InChI=1S/C46H40N2O6S2/c49-30-32-20-22-34(23-21-32)42-28-39(31-55-46-48-43(35-12-4-1-5-13-35)44(54-46)36-14-6-2-7-15-36)52-45(53-42)37-26-24-33(25-27-37)41-19-11-10-16-38(41)29-47-56(50,51)40-17-8-3-9-18-40/h1-27,39,42,45,47,49H,28-31H2/t39-,42+,45+/m1/s1. The van der Waals surface area contributed by atoms with Crippen molar-refractivity contribution < 1.29 is 27.4 Å². The average molecular weight is 781 g/mol. The normalized spacial score (nSPS) is 17.1. The van der Waals surface area contributed by atoms with Crippen LogP contribution in [0.25, 0.3) is 33.7 Å². The Labute approximate surface area is 331 Å². The van der Waals surface area contributed by atoms with Crippen LogP contribution in [-0.2, 0) is 32.6 Å². The molecule has 1 aromatic heterocycles. The van der Waals surface area contributed by atoms with Crippen molar-refractivity contribution in [2.75, 3.05) is 5.75 Å². The van der Waals surface area contributed by atoms with Gasteiger partial charge >= 0.3 is 0 Å². The number of benzene rings is 6. The number of aliphatic hydroxyl groups excluding tert-OH is 1. The lowest BCUT2D eigenvalue weighted by Crippen LogP contribution is -2.31. The summed E-state index contributed by atoms with van der Waals surface area (Å²) >= 11 is 1.52. The van der Waals surface area contributed by atoms with Gasteiger partial charge in [-0.15, -0.1) is 0 Å². The number of nitrogens with zero attached hydrogens (tertiary/aromatic N) is 1. The van der Waals surface area contributed by atoms with E-state index in [1.54, 1.807) is 30.3 Å². The fourth-order valence-electron chi connectivity index (χ4n) is 6.76. The van der Waals surface area contributed by atoms with Crippen LogP contribution < -0.4 is 4.72 Å². The first-order valence-corrected chi connectivity index (χ1v) is 20.9. The summed E-state index contributed by atoms with van der Waals surface area (Å²) in [5, 5.41) is 10.2. The van der Waals surface area contributed by atoms with Gasteiger partial charge in [0.25, 0.3) is 5.22 Å². The predicted octanol–water partition coefficient (Wildman–Crippen LogP) is 9.98. The Morgan fingerprint density at radius 1 is 0.679 bits per heavy atom. The molecule has 3 atom stereocenters. The molecule has 0 radical (unpaired) electrons. The molecule has 0 spiro atoms. The summed E-state index contributed by atoms with van der Waals surface area (Å²) in [7, 11) is -3.67. The molecule has 2 N–H and O–H groups in total. The van der Waals surface area contributed by atoms with E-state index in [1.807, 2.05) is 133 Å². The molecule has 7 aromatic rings. The molecule has 0 aliphatic carbocycles. The maximum atomic E-state index is 13.0. The molecule has 2 heterocycles. The third-order valence-electron chi connectivity index (χ3n) is 9.72. The minimum Gasteiger partial charge on any atom is -0.431 e. The highest BCUT2D eigenvalue weighted by molar-refractivity contribution is 7.99. The van der Waals surface area contributed by atoms with Crippen molar-refractivity contribution in [3.05, 3.63) is 186 Å². The van der Waals surface area contributed by atoms with E-state index < -0.39 is 16.3 Å². The van der Waals surface area contributed by atoms with Gasteiger partial charge in [-0.2, -0.15) is 0 Å². The molecular formula is C46H40N2O6S2. The highest BCUT2D eigenvalue weighted by Crippen LogP contribution is 2.41. The SMILES string of the molecule is O=S(=O)(NCc1ccccc1-c1ccc([C@H]2O[C@@H](CSc3nc(-c4ccccc4)c(-c4ccccc4)o3)C[C@@H](c3ccc(CO)cc3)O2)cc1)c1ccccc1. The van der Waals surface area contributed by atoms with Gasteiger partial charge in [-0.3, -0.25) is 0 Å². The van der Waals surface area contributed by atoms with Crippen LogP contribution in [0.5, 0.6) is 0 Å². The third kappa shape index (κ3) is 8.71. The van der Waals surface area contributed by atoms with E-state index in [9.17, 15) is 13.5 Å². The number of ether oxygens (including phenoxy) is 2. The van der Waals surface area contributed by atoms with Crippen molar-refractivity contribution in [3.63, 3.8) is 0 Å². The molecule has 1 aliphatic rings. The molecule has 282 valence electrons. The lowest BCUT2D eigenvalue weighted by Gasteiger charge is -2.36. The van der Waals surface area contributed by atoms with E-state index in [0.717, 1.165) is 56.0 Å².